The van der Waals surface area contributed by atoms with Gasteiger partial charge >= 0.3 is 0 Å². The molecule has 0 spiro atoms. The summed E-state index contributed by atoms with van der Waals surface area (Å²) in [7, 11) is 0. The van der Waals surface area contributed by atoms with Crippen molar-refractivity contribution in [2.75, 3.05) is 6.61 Å². The lowest BCUT2D eigenvalue weighted by Crippen LogP contribution is -1.98. The van der Waals surface area contributed by atoms with Crippen molar-refractivity contribution in [3.63, 3.8) is 0 Å². The van der Waals surface area contributed by atoms with Crippen molar-refractivity contribution < 1.29 is 4.74 Å². The van der Waals surface area contributed by atoms with E-state index in [1.54, 1.807) is 6.07 Å². The monoisotopic (exact) mass is 213 g/mol. The van der Waals surface area contributed by atoms with Gasteiger partial charge in [0.25, 0.3) is 0 Å². The molecule has 1 aromatic rings. The molecule has 1 aromatic carbocycles. The summed E-state index contributed by atoms with van der Waals surface area (Å²) in [5.41, 5.74) is 0.589. The van der Waals surface area contributed by atoms with Crippen LogP contribution in [0.25, 0.3) is 0 Å². The number of hydrogen-bond donors (Lipinski definition) is 0. The van der Waals surface area contributed by atoms with Crippen LogP contribution >= 0.6 is 0 Å². The molecule has 0 bridgehead atoms. The molecule has 0 aliphatic carbocycles. The van der Waals surface area contributed by atoms with Crippen LogP contribution in [0, 0.1) is 23.7 Å². The first kappa shape index (κ1) is 12.1. The number of hydrogen-bond acceptors (Lipinski definition) is 2. The number of terminal acetylenes is 1. The van der Waals surface area contributed by atoms with Gasteiger partial charge in [0.15, 0.2) is 0 Å². The standard InChI is InChI=1S/C14H15NO/c1-2-3-4-5-8-11-16-14-10-7-6-9-13(14)12-15/h1,6-7,9-10H,3-5,8,11H2. The van der Waals surface area contributed by atoms with Crippen molar-refractivity contribution in [3.8, 4) is 24.2 Å². The van der Waals surface area contributed by atoms with Gasteiger partial charge < -0.3 is 4.74 Å². The fraction of sp³-hybridized carbons (Fsp3) is 0.357. The molecule has 0 fully saturated rings. The molecule has 0 N–H and O–H groups in total. The van der Waals surface area contributed by atoms with E-state index in [4.69, 9.17) is 16.4 Å². The maximum atomic E-state index is 8.84. The van der Waals surface area contributed by atoms with Crippen molar-refractivity contribution in [2.24, 2.45) is 0 Å². The van der Waals surface area contributed by atoms with Gasteiger partial charge in [-0.05, 0) is 31.4 Å². The van der Waals surface area contributed by atoms with Crippen LogP contribution in [0.5, 0.6) is 5.75 Å². The minimum atomic E-state index is 0.589. The Morgan fingerprint density at radius 2 is 2.00 bits per heavy atom. The predicted molar refractivity (Wildman–Crippen MR) is 64.0 cm³/mol. The van der Waals surface area contributed by atoms with Crippen LogP contribution in [0.3, 0.4) is 0 Å². The first-order valence-corrected chi connectivity index (χ1v) is 5.44. The van der Waals surface area contributed by atoms with Gasteiger partial charge in [-0.25, -0.2) is 0 Å². The number of nitrogens with zero attached hydrogens (tertiary/aromatic N) is 1. The summed E-state index contributed by atoms with van der Waals surface area (Å²) in [6.07, 6.45) is 9.07. The quantitative estimate of drug-likeness (QED) is 0.537. The first-order valence-electron chi connectivity index (χ1n) is 5.44. The number of ether oxygens (including phenoxy) is 1. The second-order valence-corrected chi connectivity index (χ2v) is 3.47. The fourth-order valence-electron chi connectivity index (χ4n) is 1.37. The number of benzene rings is 1. The molecular weight excluding hydrogens is 198 g/mol. The summed E-state index contributed by atoms with van der Waals surface area (Å²) in [6, 6.07) is 9.38. The normalized spacial score (nSPS) is 9.12. The van der Waals surface area contributed by atoms with Gasteiger partial charge in [0.1, 0.15) is 11.8 Å². The zero-order chi connectivity index (χ0) is 11.6. The molecule has 0 saturated heterocycles. The predicted octanol–water partition coefficient (Wildman–Crippen LogP) is 3.13. The van der Waals surface area contributed by atoms with Crippen LogP contribution in [0.4, 0.5) is 0 Å². The average molecular weight is 213 g/mol. The summed E-state index contributed by atoms with van der Waals surface area (Å²) in [4.78, 5) is 0. The summed E-state index contributed by atoms with van der Waals surface area (Å²) in [5.74, 6) is 3.28. The Bertz CT molecular complexity index is 398. The molecule has 2 nitrogen and oxygen atoms in total. The van der Waals surface area contributed by atoms with E-state index in [-0.39, 0.29) is 0 Å². The van der Waals surface area contributed by atoms with Gasteiger partial charge in [-0.1, -0.05) is 12.1 Å². The molecule has 0 atom stereocenters. The molecule has 0 aliphatic rings. The van der Waals surface area contributed by atoms with Crippen LogP contribution in [-0.2, 0) is 0 Å². The van der Waals surface area contributed by atoms with E-state index in [0.29, 0.717) is 17.9 Å². The van der Waals surface area contributed by atoms with Crippen LogP contribution in [0.2, 0.25) is 0 Å². The summed E-state index contributed by atoms with van der Waals surface area (Å²) >= 11 is 0. The van der Waals surface area contributed by atoms with E-state index in [0.717, 1.165) is 25.7 Å². The molecule has 0 radical (unpaired) electrons. The Morgan fingerprint density at radius 1 is 1.19 bits per heavy atom. The van der Waals surface area contributed by atoms with E-state index in [2.05, 4.69) is 12.0 Å². The van der Waals surface area contributed by atoms with Gasteiger partial charge in [-0.3, -0.25) is 0 Å². The highest BCUT2D eigenvalue weighted by atomic mass is 16.5. The Balaban J connectivity index is 2.27. The molecule has 0 aromatic heterocycles. The lowest BCUT2D eigenvalue weighted by Gasteiger charge is -2.06. The van der Waals surface area contributed by atoms with Gasteiger partial charge in [0.05, 0.1) is 12.2 Å². The molecule has 16 heavy (non-hydrogen) atoms. The summed E-state index contributed by atoms with van der Waals surface area (Å²) in [6.45, 7) is 0.642. The Labute approximate surface area is 96.9 Å². The van der Waals surface area contributed by atoms with Crippen molar-refractivity contribution in [1.82, 2.24) is 0 Å². The maximum absolute atomic E-state index is 8.84. The lowest BCUT2D eigenvalue weighted by atomic mass is 10.2. The van der Waals surface area contributed by atoms with E-state index >= 15 is 0 Å². The summed E-state index contributed by atoms with van der Waals surface area (Å²) < 4.78 is 5.53. The average Bonchev–Trinajstić information content (AvgIpc) is 2.34. The topological polar surface area (TPSA) is 33.0 Å². The minimum Gasteiger partial charge on any atom is -0.492 e. The SMILES string of the molecule is C#CCCCCCOc1ccccc1C#N. The molecule has 82 valence electrons. The molecular formula is C14H15NO. The van der Waals surface area contributed by atoms with Crippen LogP contribution in [-0.4, -0.2) is 6.61 Å². The Hall–Kier alpha value is -1.93. The smallest absolute Gasteiger partial charge is 0.137 e. The largest absolute Gasteiger partial charge is 0.492 e. The van der Waals surface area contributed by atoms with Crippen molar-refractivity contribution in [1.29, 1.82) is 5.26 Å². The molecule has 2 heteroatoms. The van der Waals surface area contributed by atoms with E-state index in [1.165, 1.54) is 0 Å². The fourth-order valence-corrected chi connectivity index (χ4v) is 1.37. The Kier molecular flexibility index (Phi) is 5.59. The molecule has 1 rings (SSSR count). The summed E-state index contributed by atoms with van der Waals surface area (Å²) in [5, 5.41) is 8.84. The molecule has 0 unspecified atom stereocenters. The van der Waals surface area contributed by atoms with E-state index in [1.807, 2.05) is 18.2 Å². The zero-order valence-electron chi connectivity index (χ0n) is 9.28. The maximum Gasteiger partial charge on any atom is 0.137 e. The molecule has 0 heterocycles. The molecule has 0 saturated carbocycles. The third kappa shape index (κ3) is 4.07. The second kappa shape index (κ2) is 7.37. The third-order valence-electron chi connectivity index (χ3n) is 2.23. The molecule has 0 aliphatic heterocycles. The Morgan fingerprint density at radius 3 is 2.75 bits per heavy atom. The van der Waals surface area contributed by atoms with Crippen LogP contribution in [0.15, 0.2) is 24.3 Å². The van der Waals surface area contributed by atoms with E-state index < -0.39 is 0 Å². The third-order valence-corrected chi connectivity index (χ3v) is 2.23. The zero-order valence-corrected chi connectivity index (χ0v) is 9.28. The number of para-hydroxylation sites is 1. The van der Waals surface area contributed by atoms with E-state index in [9.17, 15) is 0 Å². The van der Waals surface area contributed by atoms with Gasteiger partial charge in [-0.2, -0.15) is 5.26 Å². The van der Waals surface area contributed by atoms with Crippen molar-refractivity contribution in [2.45, 2.75) is 25.7 Å². The highest BCUT2D eigenvalue weighted by Crippen LogP contribution is 2.16. The van der Waals surface area contributed by atoms with Crippen LogP contribution < -0.4 is 4.74 Å². The molecule has 0 amide bonds. The van der Waals surface area contributed by atoms with Crippen molar-refractivity contribution >= 4 is 0 Å². The highest BCUT2D eigenvalue weighted by Gasteiger charge is 2.00. The van der Waals surface area contributed by atoms with Crippen molar-refractivity contribution in [3.05, 3.63) is 29.8 Å². The van der Waals surface area contributed by atoms with Crippen LogP contribution in [0.1, 0.15) is 31.2 Å². The minimum absolute atomic E-state index is 0.589. The second-order valence-electron chi connectivity index (χ2n) is 3.47. The van der Waals surface area contributed by atoms with Gasteiger partial charge in [-0.15, -0.1) is 12.3 Å². The van der Waals surface area contributed by atoms with Gasteiger partial charge in [0.2, 0.25) is 0 Å². The highest BCUT2D eigenvalue weighted by molar-refractivity contribution is 5.42. The number of nitriles is 1. The number of rotatable bonds is 6. The first-order chi connectivity index (χ1) is 7.88. The lowest BCUT2D eigenvalue weighted by molar-refractivity contribution is 0.305. The number of unbranched alkanes of at least 4 members (excludes halogenated alkanes) is 3. The van der Waals surface area contributed by atoms with Gasteiger partial charge in [0, 0.05) is 6.42 Å².